The lowest BCUT2D eigenvalue weighted by Gasteiger charge is -2.44. The molecule has 4 heteroatoms. The molecule has 3 aliphatic rings. The van der Waals surface area contributed by atoms with Gasteiger partial charge >= 0.3 is 0 Å². The second kappa shape index (κ2) is 10.4. The molecule has 0 aromatic carbocycles. The van der Waals surface area contributed by atoms with E-state index in [1.165, 1.54) is 119 Å². The van der Waals surface area contributed by atoms with Crippen LogP contribution in [0.1, 0.15) is 84.5 Å². The molecule has 2 heterocycles. The Balaban J connectivity index is 0.00000169. The molecule has 0 amide bonds. The quantitative estimate of drug-likeness (QED) is 0.585. The minimum absolute atomic E-state index is 0. The van der Waals surface area contributed by atoms with Gasteiger partial charge in [0.15, 0.2) is 0 Å². The van der Waals surface area contributed by atoms with Crippen LogP contribution in [0.25, 0.3) is 0 Å². The van der Waals surface area contributed by atoms with Crippen molar-refractivity contribution in [3.8, 4) is 0 Å². The Morgan fingerprint density at radius 2 is 0.962 bits per heavy atom. The van der Waals surface area contributed by atoms with E-state index in [2.05, 4.69) is 13.8 Å². The minimum Gasteiger partial charge on any atom is -0.870 e. The minimum atomic E-state index is 0. The fraction of sp³-hybridized carbons (Fsp3) is 1.00. The van der Waals surface area contributed by atoms with Gasteiger partial charge in [-0.15, -0.1) is 0 Å². The van der Waals surface area contributed by atoms with E-state index in [4.69, 9.17) is 0 Å². The highest BCUT2D eigenvalue weighted by atomic mass is 16.0. The molecule has 0 spiro atoms. The summed E-state index contributed by atoms with van der Waals surface area (Å²) in [5.74, 6) is 0. The van der Waals surface area contributed by atoms with E-state index in [9.17, 15) is 0 Å². The molecule has 4 nitrogen and oxygen atoms in total. The highest BCUT2D eigenvalue weighted by Crippen LogP contribution is 2.44. The van der Waals surface area contributed by atoms with Gasteiger partial charge in [0.2, 0.25) is 0 Å². The van der Waals surface area contributed by atoms with Gasteiger partial charge in [-0.2, -0.15) is 0 Å². The molecular weight excluding hydrogens is 324 g/mol. The molecule has 1 saturated carbocycles. The average molecular weight is 371 g/mol. The summed E-state index contributed by atoms with van der Waals surface area (Å²) in [5, 5.41) is 0. The summed E-state index contributed by atoms with van der Waals surface area (Å²) in [6.07, 6.45) is 16.6. The molecule has 2 aliphatic heterocycles. The number of hydrogen-bond acceptors (Lipinski definition) is 2. The van der Waals surface area contributed by atoms with Gasteiger partial charge in [-0.25, -0.2) is 0 Å². The van der Waals surface area contributed by atoms with Crippen LogP contribution in [0, 0.1) is 5.41 Å². The maximum absolute atomic E-state index is 2.44. The van der Waals surface area contributed by atoms with Crippen molar-refractivity contribution in [2.75, 3.05) is 52.4 Å². The van der Waals surface area contributed by atoms with Crippen LogP contribution in [0.2, 0.25) is 0 Å². The summed E-state index contributed by atoms with van der Waals surface area (Å²) in [7, 11) is 0. The zero-order valence-electron chi connectivity index (χ0n) is 17.7. The van der Waals surface area contributed by atoms with Gasteiger partial charge in [0.25, 0.3) is 0 Å². The van der Waals surface area contributed by atoms with Crippen LogP contribution in [-0.4, -0.2) is 72.3 Å². The first-order valence-corrected chi connectivity index (χ1v) is 11.4. The Morgan fingerprint density at radius 3 is 1.31 bits per heavy atom. The molecule has 26 heavy (non-hydrogen) atoms. The fourth-order valence-electron chi connectivity index (χ4n) is 6.28. The third kappa shape index (κ3) is 5.43. The van der Waals surface area contributed by atoms with Crippen LogP contribution in [0.15, 0.2) is 0 Å². The highest BCUT2D eigenvalue weighted by molar-refractivity contribution is 4.83. The molecular formula is C22H46N2O2. The monoisotopic (exact) mass is 370 g/mol. The Bertz CT molecular complexity index is 352. The molecule has 0 radical (unpaired) electrons. The first-order valence-electron chi connectivity index (χ1n) is 11.4. The Hall–Kier alpha value is -0.160. The molecule has 1 aliphatic carbocycles. The number of quaternary nitrogens is 2. The predicted molar refractivity (Wildman–Crippen MR) is 108 cm³/mol. The first-order chi connectivity index (χ1) is 11.7. The van der Waals surface area contributed by atoms with Gasteiger partial charge < -0.3 is 19.9 Å². The third-order valence-corrected chi connectivity index (χ3v) is 8.52. The van der Waals surface area contributed by atoms with Crippen molar-refractivity contribution >= 4 is 0 Å². The van der Waals surface area contributed by atoms with Crippen molar-refractivity contribution < 1.29 is 19.9 Å². The van der Waals surface area contributed by atoms with E-state index >= 15 is 0 Å². The van der Waals surface area contributed by atoms with E-state index in [1.807, 2.05) is 0 Å². The Labute approximate surface area is 162 Å². The van der Waals surface area contributed by atoms with Crippen LogP contribution >= 0.6 is 0 Å². The van der Waals surface area contributed by atoms with E-state index in [0.29, 0.717) is 5.41 Å². The molecule has 0 aromatic heterocycles. The zero-order chi connectivity index (χ0) is 16.9. The topological polar surface area (TPSA) is 60.0 Å². The summed E-state index contributed by atoms with van der Waals surface area (Å²) in [6.45, 7) is 16.5. The molecule has 3 rings (SSSR count). The Morgan fingerprint density at radius 1 is 0.577 bits per heavy atom. The van der Waals surface area contributed by atoms with Crippen LogP contribution in [0.4, 0.5) is 0 Å². The summed E-state index contributed by atoms with van der Waals surface area (Å²) in [6, 6.07) is 0. The maximum Gasteiger partial charge on any atom is 0.0791 e. The maximum atomic E-state index is 2.44. The third-order valence-electron chi connectivity index (χ3n) is 8.52. The standard InChI is InChI=1S/C22H44N2.2H2O/c1-3-23(16-8-9-17-23)20-14-22(12-6-5-7-13-22)15-21-24(4-2)18-10-11-19-24;;/h3-21H2,1-2H3;2*1H2/q+2;;/p-2. The van der Waals surface area contributed by atoms with Crippen molar-refractivity contribution in [2.24, 2.45) is 5.41 Å². The second-order valence-corrected chi connectivity index (χ2v) is 9.63. The summed E-state index contributed by atoms with van der Waals surface area (Å²) >= 11 is 0. The number of likely N-dealkylation sites (tertiary alicyclic amines) is 2. The van der Waals surface area contributed by atoms with Gasteiger partial charge in [0.1, 0.15) is 0 Å². The molecule has 0 bridgehead atoms. The summed E-state index contributed by atoms with van der Waals surface area (Å²) in [4.78, 5) is 0. The largest absolute Gasteiger partial charge is 0.870 e. The number of rotatable bonds is 8. The molecule has 0 atom stereocenters. The smallest absolute Gasteiger partial charge is 0.0791 e. The van der Waals surface area contributed by atoms with E-state index in [1.54, 1.807) is 12.8 Å². The SMILES string of the molecule is CC[N+]1(CCC2(CC[N+]3(CC)CCCC3)CCCCC2)CCCC1.[OH-].[OH-]. The lowest BCUT2D eigenvalue weighted by atomic mass is 9.69. The number of hydrogen-bond donors (Lipinski definition) is 0. The van der Waals surface area contributed by atoms with Crippen LogP contribution in [-0.2, 0) is 0 Å². The molecule has 2 saturated heterocycles. The molecule has 0 unspecified atom stereocenters. The van der Waals surface area contributed by atoms with Gasteiger partial charge in [0.05, 0.1) is 52.4 Å². The molecule has 156 valence electrons. The van der Waals surface area contributed by atoms with Gasteiger partial charge in [-0.1, -0.05) is 19.3 Å². The fourth-order valence-corrected chi connectivity index (χ4v) is 6.28. The van der Waals surface area contributed by atoms with E-state index < -0.39 is 0 Å². The first kappa shape index (κ1) is 23.9. The normalized spacial score (nSPS) is 26.1. The zero-order valence-corrected chi connectivity index (χ0v) is 17.7. The summed E-state index contributed by atoms with van der Waals surface area (Å²) < 4.78 is 2.91. The highest BCUT2D eigenvalue weighted by Gasteiger charge is 2.40. The average Bonchev–Trinajstić information content (AvgIpc) is 3.30. The van der Waals surface area contributed by atoms with Gasteiger partial charge in [-0.05, 0) is 32.1 Å². The second-order valence-electron chi connectivity index (χ2n) is 9.63. The molecule has 0 aromatic rings. The lowest BCUT2D eigenvalue weighted by Crippen LogP contribution is -2.50. The van der Waals surface area contributed by atoms with Crippen molar-refractivity contribution in [1.29, 1.82) is 0 Å². The van der Waals surface area contributed by atoms with Crippen molar-refractivity contribution in [2.45, 2.75) is 84.5 Å². The number of nitrogens with zero attached hydrogens (tertiary/aromatic N) is 2. The van der Waals surface area contributed by atoms with Gasteiger partial charge in [-0.3, -0.25) is 0 Å². The van der Waals surface area contributed by atoms with Crippen LogP contribution < -0.4 is 0 Å². The van der Waals surface area contributed by atoms with Crippen molar-refractivity contribution in [1.82, 2.24) is 0 Å². The molecule has 3 fully saturated rings. The van der Waals surface area contributed by atoms with Gasteiger partial charge in [0, 0.05) is 38.5 Å². The van der Waals surface area contributed by atoms with Crippen LogP contribution in [0.3, 0.4) is 0 Å². The predicted octanol–water partition coefficient (Wildman–Crippen LogP) is 4.62. The van der Waals surface area contributed by atoms with E-state index in [-0.39, 0.29) is 11.0 Å². The van der Waals surface area contributed by atoms with E-state index in [0.717, 1.165) is 0 Å². The summed E-state index contributed by atoms with van der Waals surface area (Å²) in [5.41, 5.74) is 0.713. The Kier molecular flexibility index (Phi) is 9.55. The molecule has 2 N–H and O–H groups in total. The van der Waals surface area contributed by atoms with Crippen molar-refractivity contribution in [3.63, 3.8) is 0 Å². The van der Waals surface area contributed by atoms with Crippen molar-refractivity contribution in [3.05, 3.63) is 0 Å². The lowest BCUT2D eigenvalue weighted by molar-refractivity contribution is -0.918. The van der Waals surface area contributed by atoms with Crippen LogP contribution in [0.5, 0.6) is 0 Å².